The maximum absolute atomic E-state index is 9.76. The molecule has 5 heteroatoms. The maximum atomic E-state index is 9.76. The molecule has 3 N–H and O–H groups in total. The average molecular weight is 253 g/mol. The van der Waals surface area contributed by atoms with Crippen LogP contribution in [-0.4, -0.2) is 21.8 Å². The molecule has 0 unspecified atom stereocenters. The molecule has 1 heterocycles. The van der Waals surface area contributed by atoms with Gasteiger partial charge in [-0.3, -0.25) is 0 Å². The topological polar surface area (TPSA) is 85.2 Å². The monoisotopic (exact) mass is 253 g/mol. The summed E-state index contributed by atoms with van der Waals surface area (Å²) >= 11 is 0. The van der Waals surface area contributed by atoms with Gasteiger partial charge in [-0.1, -0.05) is 37.3 Å². The van der Waals surface area contributed by atoms with Crippen molar-refractivity contribution in [3.63, 3.8) is 0 Å². The first kappa shape index (κ1) is 13.5. The molecule has 1 aliphatic carbocycles. The van der Waals surface area contributed by atoms with Crippen LogP contribution in [-0.2, 0) is 0 Å². The van der Waals surface area contributed by atoms with Gasteiger partial charge in [0.2, 0.25) is 0 Å². The summed E-state index contributed by atoms with van der Waals surface area (Å²) in [6, 6.07) is 0. The van der Waals surface area contributed by atoms with Crippen molar-refractivity contribution in [2.75, 3.05) is 6.54 Å². The summed E-state index contributed by atoms with van der Waals surface area (Å²) in [4.78, 5) is 4.34. The Morgan fingerprint density at radius 2 is 1.89 bits per heavy atom. The molecule has 1 aromatic heterocycles. The zero-order valence-corrected chi connectivity index (χ0v) is 10.8. The quantitative estimate of drug-likeness (QED) is 0.859. The van der Waals surface area contributed by atoms with E-state index >= 15 is 0 Å². The fourth-order valence-electron chi connectivity index (χ4n) is 2.54. The number of nitrogens with zero attached hydrogens (tertiary/aromatic N) is 2. The molecule has 1 aliphatic rings. The molecule has 5 nitrogen and oxygen atoms in total. The fraction of sp³-hybridized carbons (Fsp3) is 0.846. The van der Waals surface area contributed by atoms with Gasteiger partial charge < -0.3 is 15.4 Å². The van der Waals surface area contributed by atoms with Crippen LogP contribution in [0, 0.1) is 0 Å². The van der Waals surface area contributed by atoms with Gasteiger partial charge >= 0.3 is 0 Å². The van der Waals surface area contributed by atoms with Crippen molar-refractivity contribution in [3.8, 4) is 0 Å². The molecule has 1 saturated carbocycles. The van der Waals surface area contributed by atoms with Crippen LogP contribution >= 0.6 is 0 Å². The first-order valence-corrected chi connectivity index (χ1v) is 7.03. The van der Waals surface area contributed by atoms with Crippen LogP contribution in [0.2, 0.25) is 0 Å². The number of hydrogen-bond acceptors (Lipinski definition) is 5. The van der Waals surface area contributed by atoms with Crippen LogP contribution in [0.3, 0.4) is 0 Å². The van der Waals surface area contributed by atoms with E-state index in [1.807, 2.05) is 0 Å². The fourth-order valence-corrected chi connectivity index (χ4v) is 2.54. The summed E-state index contributed by atoms with van der Waals surface area (Å²) in [5, 5.41) is 13.8. The highest BCUT2D eigenvalue weighted by molar-refractivity contribution is 4.97. The lowest BCUT2D eigenvalue weighted by molar-refractivity contribution is 0.127. The summed E-state index contributed by atoms with van der Waals surface area (Å²) < 4.78 is 5.14. The molecule has 0 aromatic carbocycles. The summed E-state index contributed by atoms with van der Waals surface area (Å²) in [5.74, 6) is 1.48. The summed E-state index contributed by atoms with van der Waals surface area (Å²) in [6.45, 7) is 0.419. The normalized spacial score (nSPS) is 20.3. The SMILES string of the molecule is NCC[C@H](O)c1nc(C2CCCCCCC2)no1. The van der Waals surface area contributed by atoms with E-state index in [2.05, 4.69) is 10.1 Å². The second-order valence-electron chi connectivity index (χ2n) is 5.13. The van der Waals surface area contributed by atoms with E-state index in [9.17, 15) is 5.11 Å². The standard InChI is InChI=1S/C13H23N3O2/c14-9-8-11(17)13-15-12(16-18-13)10-6-4-2-1-3-5-7-10/h10-11,17H,1-9,14H2/t11-/m0/s1. The zero-order chi connectivity index (χ0) is 12.8. The molecular formula is C13H23N3O2. The van der Waals surface area contributed by atoms with Crippen molar-refractivity contribution in [1.29, 1.82) is 0 Å². The Morgan fingerprint density at radius 3 is 2.56 bits per heavy atom. The summed E-state index contributed by atoms with van der Waals surface area (Å²) in [5.41, 5.74) is 5.40. The molecule has 2 rings (SSSR count). The van der Waals surface area contributed by atoms with Crippen LogP contribution in [0.5, 0.6) is 0 Å². The van der Waals surface area contributed by atoms with Gasteiger partial charge in [0.05, 0.1) is 0 Å². The third-order valence-electron chi connectivity index (χ3n) is 3.65. The van der Waals surface area contributed by atoms with Crippen molar-refractivity contribution in [3.05, 3.63) is 11.7 Å². The van der Waals surface area contributed by atoms with Gasteiger partial charge in [0.1, 0.15) is 6.10 Å². The van der Waals surface area contributed by atoms with E-state index in [-0.39, 0.29) is 0 Å². The third-order valence-corrected chi connectivity index (χ3v) is 3.65. The molecule has 1 atom stereocenters. The van der Waals surface area contributed by atoms with E-state index in [1.165, 1.54) is 32.1 Å². The van der Waals surface area contributed by atoms with E-state index in [0.29, 0.717) is 24.8 Å². The molecule has 0 bridgehead atoms. The lowest BCUT2D eigenvalue weighted by atomic mass is 9.91. The van der Waals surface area contributed by atoms with Gasteiger partial charge in [-0.05, 0) is 25.8 Å². The van der Waals surface area contributed by atoms with E-state index in [4.69, 9.17) is 10.3 Å². The molecule has 18 heavy (non-hydrogen) atoms. The number of aliphatic hydroxyl groups excluding tert-OH is 1. The summed E-state index contributed by atoms with van der Waals surface area (Å²) in [7, 11) is 0. The molecule has 1 aromatic rings. The van der Waals surface area contributed by atoms with Gasteiger partial charge in [-0.2, -0.15) is 4.98 Å². The Balaban J connectivity index is 1.98. The highest BCUT2D eigenvalue weighted by atomic mass is 16.5. The number of nitrogens with two attached hydrogens (primary N) is 1. The highest BCUT2D eigenvalue weighted by Crippen LogP contribution is 2.29. The Labute approximate surface area is 108 Å². The van der Waals surface area contributed by atoms with Crippen molar-refractivity contribution < 1.29 is 9.63 Å². The largest absolute Gasteiger partial charge is 0.383 e. The molecule has 0 aliphatic heterocycles. The minimum atomic E-state index is -0.718. The molecule has 102 valence electrons. The molecule has 1 fully saturated rings. The second kappa shape index (κ2) is 6.85. The molecule has 0 spiro atoms. The Kier molecular flexibility index (Phi) is 5.13. The van der Waals surface area contributed by atoms with Gasteiger partial charge in [-0.15, -0.1) is 0 Å². The Hall–Kier alpha value is -0.940. The predicted molar refractivity (Wildman–Crippen MR) is 68.0 cm³/mol. The van der Waals surface area contributed by atoms with Crippen LogP contribution in [0.1, 0.15) is 75.1 Å². The van der Waals surface area contributed by atoms with Crippen LogP contribution in [0.15, 0.2) is 4.52 Å². The predicted octanol–water partition coefficient (Wildman–Crippen LogP) is 2.28. The first-order valence-electron chi connectivity index (χ1n) is 7.03. The van der Waals surface area contributed by atoms with Gasteiger partial charge in [-0.25, -0.2) is 0 Å². The number of rotatable bonds is 4. The molecular weight excluding hydrogens is 230 g/mol. The summed E-state index contributed by atoms with van der Waals surface area (Å²) in [6.07, 6.45) is 8.43. The van der Waals surface area contributed by atoms with E-state index in [0.717, 1.165) is 18.7 Å². The maximum Gasteiger partial charge on any atom is 0.255 e. The molecule has 0 saturated heterocycles. The number of aliphatic hydroxyl groups is 1. The lowest BCUT2D eigenvalue weighted by Crippen LogP contribution is -2.08. The van der Waals surface area contributed by atoms with Crippen LogP contribution in [0.4, 0.5) is 0 Å². The van der Waals surface area contributed by atoms with Crippen LogP contribution < -0.4 is 5.73 Å². The smallest absolute Gasteiger partial charge is 0.255 e. The van der Waals surface area contributed by atoms with E-state index in [1.54, 1.807) is 0 Å². The van der Waals surface area contributed by atoms with Gasteiger partial charge in [0, 0.05) is 5.92 Å². The van der Waals surface area contributed by atoms with E-state index < -0.39 is 6.10 Å². The second-order valence-corrected chi connectivity index (χ2v) is 5.13. The zero-order valence-electron chi connectivity index (χ0n) is 10.8. The number of hydrogen-bond donors (Lipinski definition) is 2. The van der Waals surface area contributed by atoms with Gasteiger partial charge in [0.15, 0.2) is 5.82 Å². The highest BCUT2D eigenvalue weighted by Gasteiger charge is 2.21. The molecule has 0 radical (unpaired) electrons. The Bertz CT molecular complexity index is 346. The average Bonchev–Trinajstić information content (AvgIpc) is 2.78. The Morgan fingerprint density at radius 1 is 1.22 bits per heavy atom. The minimum Gasteiger partial charge on any atom is -0.383 e. The van der Waals surface area contributed by atoms with Crippen molar-refractivity contribution >= 4 is 0 Å². The lowest BCUT2D eigenvalue weighted by Gasteiger charge is -2.15. The molecule has 0 amide bonds. The van der Waals surface area contributed by atoms with Crippen LogP contribution in [0.25, 0.3) is 0 Å². The third kappa shape index (κ3) is 3.53. The number of aromatic nitrogens is 2. The van der Waals surface area contributed by atoms with Gasteiger partial charge in [0.25, 0.3) is 5.89 Å². The van der Waals surface area contributed by atoms with Crippen molar-refractivity contribution in [2.24, 2.45) is 5.73 Å². The minimum absolute atomic E-state index is 0.317. The first-order chi connectivity index (χ1) is 8.81. The van der Waals surface area contributed by atoms with Crippen molar-refractivity contribution in [1.82, 2.24) is 10.1 Å². The van der Waals surface area contributed by atoms with Crippen molar-refractivity contribution in [2.45, 2.75) is 63.4 Å².